The number of aldehydes is 1. The number of Topliss-reactive ketones (excluding diaryl/α,β-unsaturated/α-hetero) is 1. The maximum absolute atomic E-state index is 12.6. The molecule has 0 spiro atoms. The standard InChI is InChI=1S/C12H19N3O4/c16-8-6-14-11(18)12(4-2-7-15(12)19)10(17)9-3-1-5-13-9/h8-9,13,19H,1-7H2,(H,14,18). The highest BCUT2D eigenvalue weighted by molar-refractivity contribution is 6.13. The minimum atomic E-state index is -1.54. The van der Waals surface area contributed by atoms with Crippen LogP contribution in [-0.4, -0.2) is 59.5 Å². The van der Waals surface area contributed by atoms with E-state index in [1.54, 1.807) is 0 Å². The second kappa shape index (κ2) is 5.77. The summed E-state index contributed by atoms with van der Waals surface area (Å²) in [6.07, 6.45) is 2.97. The van der Waals surface area contributed by atoms with E-state index in [1.165, 1.54) is 0 Å². The third-order valence-corrected chi connectivity index (χ3v) is 3.86. The molecule has 2 aliphatic heterocycles. The minimum Gasteiger partial charge on any atom is -0.347 e. The van der Waals surface area contributed by atoms with E-state index in [9.17, 15) is 19.6 Å². The van der Waals surface area contributed by atoms with Gasteiger partial charge in [0, 0.05) is 6.54 Å². The van der Waals surface area contributed by atoms with Gasteiger partial charge in [-0.1, -0.05) is 0 Å². The van der Waals surface area contributed by atoms with Gasteiger partial charge < -0.3 is 20.6 Å². The van der Waals surface area contributed by atoms with E-state index >= 15 is 0 Å². The van der Waals surface area contributed by atoms with E-state index in [0.717, 1.165) is 18.0 Å². The molecule has 2 saturated heterocycles. The summed E-state index contributed by atoms with van der Waals surface area (Å²) in [5.74, 6) is -0.883. The average molecular weight is 269 g/mol. The molecule has 7 nitrogen and oxygen atoms in total. The number of carbonyl (C=O) groups excluding carboxylic acids is 3. The molecule has 3 N–H and O–H groups in total. The van der Waals surface area contributed by atoms with Crippen molar-refractivity contribution in [2.24, 2.45) is 0 Å². The van der Waals surface area contributed by atoms with E-state index in [1.807, 2.05) is 0 Å². The molecule has 2 unspecified atom stereocenters. The van der Waals surface area contributed by atoms with Crippen LogP contribution in [-0.2, 0) is 14.4 Å². The van der Waals surface area contributed by atoms with Crippen molar-refractivity contribution in [1.29, 1.82) is 0 Å². The van der Waals surface area contributed by atoms with Crippen molar-refractivity contribution in [3.63, 3.8) is 0 Å². The fraction of sp³-hybridized carbons (Fsp3) is 0.750. The molecule has 0 saturated carbocycles. The Morgan fingerprint density at radius 1 is 1.47 bits per heavy atom. The van der Waals surface area contributed by atoms with Crippen LogP contribution >= 0.6 is 0 Å². The lowest BCUT2D eigenvalue weighted by atomic mass is 9.86. The Labute approximate surface area is 111 Å². The summed E-state index contributed by atoms with van der Waals surface area (Å²) < 4.78 is 0. The first-order chi connectivity index (χ1) is 9.13. The van der Waals surface area contributed by atoms with E-state index in [-0.39, 0.29) is 25.3 Å². The molecule has 2 atom stereocenters. The van der Waals surface area contributed by atoms with Crippen molar-refractivity contribution in [2.45, 2.75) is 37.3 Å². The van der Waals surface area contributed by atoms with Gasteiger partial charge >= 0.3 is 0 Å². The fourth-order valence-electron chi connectivity index (χ4n) is 2.87. The summed E-state index contributed by atoms with van der Waals surface area (Å²) in [6, 6.07) is -0.394. The predicted molar refractivity (Wildman–Crippen MR) is 65.6 cm³/mol. The van der Waals surface area contributed by atoms with Gasteiger partial charge in [-0.25, -0.2) is 0 Å². The van der Waals surface area contributed by atoms with Gasteiger partial charge in [0.2, 0.25) is 0 Å². The zero-order valence-corrected chi connectivity index (χ0v) is 10.7. The Hall–Kier alpha value is -1.31. The van der Waals surface area contributed by atoms with Gasteiger partial charge in [-0.3, -0.25) is 9.59 Å². The van der Waals surface area contributed by atoms with Crippen molar-refractivity contribution >= 4 is 18.0 Å². The maximum Gasteiger partial charge on any atom is 0.250 e. The maximum atomic E-state index is 12.6. The topological polar surface area (TPSA) is 98.7 Å². The number of nitrogens with one attached hydrogen (secondary N) is 2. The van der Waals surface area contributed by atoms with Crippen molar-refractivity contribution in [2.75, 3.05) is 19.6 Å². The zero-order valence-electron chi connectivity index (χ0n) is 10.7. The molecule has 0 aromatic rings. The van der Waals surface area contributed by atoms with E-state index in [0.29, 0.717) is 19.1 Å². The average Bonchev–Trinajstić information content (AvgIpc) is 3.05. The van der Waals surface area contributed by atoms with Crippen LogP contribution in [0, 0.1) is 0 Å². The fourth-order valence-corrected chi connectivity index (χ4v) is 2.87. The zero-order chi connectivity index (χ0) is 13.9. The third-order valence-electron chi connectivity index (χ3n) is 3.86. The number of hydroxylamine groups is 2. The summed E-state index contributed by atoms with van der Waals surface area (Å²) in [4.78, 5) is 35.1. The molecule has 0 bridgehead atoms. The smallest absolute Gasteiger partial charge is 0.250 e. The largest absolute Gasteiger partial charge is 0.347 e. The van der Waals surface area contributed by atoms with Crippen molar-refractivity contribution in [3.05, 3.63) is 0 Å². The predicted octanol–water partition coefficient (Wildman–Crippen LogP) is -1.15. The van der Waals surface area contributed by atoms with Crippen molar-refractivity contribution in [1.82, 2.24) is 15.7 Å². The van der Waals surface area contributed by atoms with Gasteiger partial charge in [0.05, 0.1) is 12.6 Å². The van der Waals surface area contributed by atoms with Gasteiger partial charge in [-0.15, -0.1) is 0 Å². The van der Waals surface area contributed by atoms with Gasteiger partial charge in [-0.05, 0) is 32.2 Å². The Bertz CT molecular complexity index is 381. The summed E-state index contributed by atoms with van der Waals surface area (Å²) >= 11 is 0. The third kappa shape index (κ3) is 2.41. The summed E-state index contributed by atoms with van der Waals surface area (Å²) in [5.41, 5.74) is -1.54. The summed E-state index contributed by atoms with van der Waals surface area (Å²) in [5, 5.41) is 16.2. The van der Waals surface area contributed by atoms with Crippen LogP contribution in [0.15, 0.2) is 0 Å². The quantitative estimate of drug-likeness (QED) is 0.430. The molecule has 2 fully saturated rings. The molecule has 0 aliphatic carbocycles. The number of amides is 1. The number of ketones is 1. The molecular formula is C12H19N3O4. The molecule has 7 heteroatoms. The second-order valence-corrected chi connectivity index (χ2v) is 4.98. The first-order valence-electron chi connectivity index (χ1n) is 6.59. The van der Waals surface area contributed by atoms with Crippen LogP contribution in [0.4, 0.5) is 0 Å². The van der Waals surface area contributed by atoms with Crippen LogP contribution in [0.2, 0.25) is 0 Å². The van der Waals surface area contributed by atoms with Crippen LogP contribution in [0.3, 0.4) is 0 Å². The van der Waals surface area contributed by atoms with Crippen molar-refractivity contribution in [3.8, 4) is 0 Å². The highest BCUT2D eigenvalue weighted by atomic mass is 16.5. The van der Waals surface area contributed by atoms with E-state index in [4.69, 9.17) is 0 Å². The molecule has 0 radical (unpaired) electrons. The molecule has 19 heavy (non-hydrogen) atoms. The highest BCUT2D eigenvalue weighted by Crippen LogP contribution is 2.31. The molecule has 0 aromatic heterocycles. The number of hydrogen-bond donors (Lipinski definition) is 3. The Kier molecular flexibility index (Phi) is 4.28. The first kappa shape index (κ1) is 14.1. The van der Waals surface area contributed by atoms with Crippen LogP contribution in [0.1, 0.15) is 25.7 Å². The SMILES string of the molecule is O=CCNC(=O)C1(C(=O)C2CCCN2)CCCN1O. The van der Waals surface area contributed by atoms with Crippen LogP contribution < -0.4 is 10.6 Å². The second-order valence-electron chi connectivity index (χ2n) is 4.98. The van der Waals surface area contributed by atoms with Gasteiger partial charge in [0.15, 0.2) is 11.3 Å². The number of carbonyl (C=O) groups is 3. The molecule has 2 aliphatic rings. The molecule has 106 valence electrons. The van der Waals surface area contributed by atoms with E-state index in [2.05, 4.69) is 10.6 Å². The Morgan fingerprint density at radius 3 is 2.79 bits per heavy atom. The van der Waals surface area contributed by atoms with Crippen molar-refractivity contribution < 1.29 is 19.6 Å². The molecule has 2 rings (SSSR count). The lowest BCUT2D eigenvalue weighted by molar-refractivity contribution is -0.178. The van der Waals surface area contributed by atoms with Gasteiger partial charge in [0.25, 0.3) is 5.91 Å². The normalized spacial score (nSPS) is 31.3. The van der Waals surface area contributed by atoms with E-state index < -0.39 is 17.5 Å². The molecule has 1 amide bonds. The first-order valence-corrected chi connectivity index (χ1v) is 6.59. The number of rotatable bonds is 5. The molecular weight excluding hydrogens is 250 g/mol. The summed E-state index contributed by atoms with van der Waals surface area (Å²) in [7, 11) is 0. The number of hydrogen-bond acceptors (Lipinski definition) is 6. The van der Waals surface area contributed by atoms with Crippen LogP contribution in [0.5, 0.6) is 0 Å². The van der Waals surface area contributed by atoms with Crippen LogP contribution in [0.25, 0.3) is 0 Å². The highest BCUT2D eigenvalue weighted by Gasteiger charge is 2.55. The monoisotopic (exact) mass is 269 g/mol. The lowest BCUT2D eigenvalue weighted by Gasteiger charge is -2.33. The Morgan fingerprint density at radius 2 is 2.26 bits per heavy atom. The summed E-state index contributed by atoms with van der Waals surface area (Å²) in [6.45, 7) is 0.876. The van der Waals surface area contributed by atoms with Gasteiger partial charge in [0.1, 0.15) is 6.29 Å². The molecule has 2 heterocycles. The lowest BCUT2D eigenvalue weighted by Crippen LogP contribution is -2.63. The minimum absolute atomic E-state index is 0.153. The molecule has 0 aromatic carbocycles. The van der Waals surface area contributed by atoms with Gasteiger partial charge in [-0.2, -0.15) is 5.06 Å². The Balaban J connectivity index is 2.21. The number of nitrogens with zero attached hydrogens (tertiary/aromatic N) is 1.